The van der Waals surface area contributed by atoms with E-state index in [1.54, 1.807) is 4.90 Å². The van der Waals surface area contributed by atoms with Gasteiger partial charge in [0.1, 0.15) is 11.5 Å². The van der Waals surface area contributed by atoms with Crippen LogP contribution in [-0.2, 0) is 11.0 Å². The maximum Gasteiger partial charge on any atom is 0.416 e. The molecule has 5 rings (SSSR count). The molecule has 2 fully saturated rings. The summed E-state index contributed by atoms with van der Waals surface area (Å²) in [6.45, 7) is 1.93. The van der Waals surface area contributed by atoms with Crippen LogP contribution in [0.5, 0.6) is 5.75 Å². The van der Waals surface area contributed by atoms with Crippen LogP contribution in [0.2, 0.25) is 0 Å². The molecule has 0 spiro atoms. The SMILES string of the molecule is C[C@@H](N=C1C[C@@H](c2cccc(OC3CC3)c2)N(c2ccc(C(F)(F)F)cc2)C1=O)c1ccccc1. The van der Waals surface area contributed by atoms with Crippen LogP contribution in [0.15, 0.2) is 83.9 Å². The molecule has 3 aromatic rings. The highest BCUT2D eigenvalue weighted by Crippen LogP contribution is 2.40. The quantitative estimate of drug-likeness (QED) is 0.386. The van der Waals surface area contributed by atoms with Gasteiger partial charge in [0.15, 0.2) is 0 Å². The Morgan fingerprint density at radius 1 is 0.971 bits per heavy atom. The average Bonchev–Trinajstić information content (AvgIpc) is 3.61. The Balaban J connectivity index is 1.51. The van der Waals surface area contributed by atoms with Crippen LogP contribution in [-0.4, -0.2) is 17.7 Å². The summed E-state index contributed by atoms with van der Waals surface area (Å²) >= 11 is 0. The molecule has 1 amide bonds. The summed E-state index contributed by atoms with van der Waals surface area (Å²) in [5.74, 6) is 0.430. The van der Waals surface area contributed by atoms with E-state index in [2.05, 4.69) is 0 Å². The van der Waals surface area contributed by atoms with Crippen LogP contribution in [0.4, 0.5) is 18.9 Å². The van der Waals surface area contributed by atoms with Gasteiger partial charge in [-0.15, -0.1) is 0 Å². The zero-order chi connectivity index (χ0) is 24.6. The Bertz CT molecular complexity index is 1240. The second-order valence-electron chi connectivity index (χ2n) is 8.99. The Hall–Kier alpha value is -3.61. The van der Waals surface area contributed by atoms with Crippen molar-refractivity contribution >= 4 is 17.3 Å². The molecule has 3 aromatic carbocycles. The third kappa shape index (κ3) is 5.09. The van der Waals surface area contributed by atoms with Gasteiger partial charge >= 0.3 is 6.18 Å². The maximum absolute atomic E-state index is 13.6. The first-order valence-electron chi connectivity index (χ1n) is 11.7. The predicted octanol–water partition coefficient (Wildman–Crippen LogP) is 6.93. The van der Waals surface area contributed by atoms with Crippen molar-refractivity contribution in [2.45, 2.75) is 50.6 Å². The van der Waals surface area contributed by atoms with Crippen LogP contribution in [0.3, 0.4) is 0 Å². The van der Waals surface area contributed by atoms with Gasteiger partial charge in [0.25, 0.3) is 5.91 Å². The number of aliphatic imine (C=N–C) groups is 1. The van der Waals surface area contributed by atoms with E-state index in [1.165, 1.54) is 12.1 Å². The maximum atomic E-state index is 13.6. The molecule has 1 saturated heterocycles. The van der Waals surface area contributed by atoms with Crippen LogP contribution < -0.4 is 9.64 Å². The van der Waals surface area contributed by atoms with E-state index < -0.39 is 17.8 Å². The first-order valence-corrected chi connectivity index (χ1v) is 11.7. The molecule has 2 atom stereocenters. The fourth-order valence-electron chi connectivity index (χ4n) is 4.34. The number of carbonyl (C=O) groups is 1. The molecule has 1 heterocycles. The van der Waals surface area contributed by atoms with E-state index in [-0.39, 0.29) is 18.1 Å². The van der Waals surface area contributed by atoms with Gasteiger partial charge in [-0.3, -0.25) is 14.7 Å². The van der Waals surface area contributed by atoms with Crippen LogP contribution in [0.1, 0.15) is 55.0 Å². The molecule has 0 bridgehead atoms. The van der Waals surface area contributed by atoms with Gasteiger partial charge in [-0.2, -0.15) is 13.2 Å². The van der Waals surface area contributed by atoms with Gasteiger partial charge in [0.2, 0.25) is 0 Å². The van der Waals surface area contributed by atoms with Crippen LogP contribution in [0, 0.1) is 0 Å². The summed E-state index contributed by atoms with van der Waals surface area (Å²) in [6.07, 6.45) is -1.82. The van der Waals surface area contributed by atoms with Crippen molar-refractivity contribution in [2.75, 3.05) is 4.90 Å². The minimum Gasteiger partial charge on any atom is -0.490 e. The number of rotatable bonds is 6. The van der Waals surface area contributed by atoms with E-state index in [4.69, 9.17) is 9.73 Å². The number of halogens is 3. The normalized spacial score (nSPS) is 20.3. The number of hydrogen-bond acceptors (Lipinski definition) is 3. The molecule has 180 valence electrons. The topological polar surface area (TPSA) is 41.9 Å². The molecule has 35 heavy (non-hydrogen) atoms. The lowest BCUT2D eigenvalue weighted by atomic mass is 10.0. The fourth-order valence-corrected chi connectivity index (χ4v) is 4.34. The van der Waals surface area contributed by atoms with Gasteiger partial charge in [0, 0.05) is 12.1 Å². The number of nitrogens with zero attached hydrogens (tertiary/aromatic N) is 2. The molecule has 4 nitrogen and oxygen atoms in total. The minimum atomic E-state index is -4.45. The third-order valence-corrected chi connectivity index (χ3v) is 6.34. The van der Waals surface area contributed by atoms with Crippen LogP contribution >= 0.6 is 0 Å². The van der Waals surface area contributed by atoms with Gasteiger partial charge < -0.3 is 4.74 Å². The van der Waals surface area contributed by atoms with E-state index in [9.17, 15) is 18.0 Å². The number of ether oxygens (including phenoxy) is 1. The summed E-state index contributed by atoms with van der Waals surface area (Å²) in [6, 6.07) is 21.4. The Labute approximate surface area is 202 Å². The van der Waals surface area contributed by atoms with E-state index >= 15 is 0 Å². The number of amides is 1. The molecule has 2 aliphatic rings. The second-order valence-corrected chi connectivity index (χ2v) is 8.99. The number of benzene rings is 3. The molecular weight excluding hydrogens is 453 g/mol. The number of carbonyl (C=O) groups excluding carboxylic acids is 1. The Kier molecular flexibility index (Phi) is 6.09. The van der Waals surface area contributed by atoms with Crippen molar-refractivity contribution in [1.82, 2.24) is 0 Å². The lowest BCUT2D eigenvalue weighted by molar-refractivity contribution is -0.137. The van der Waals surface area contributed by atoms with Crippen molar-refractivity contribution in [2.24, 2.45) is 4.99 Å². The van der Waals surface area contributed by atoms with Gasteiger partial charge in [0.05, 0.1) is 23.8 Å². The van der Waals surface area contributed by atoms with E-state index in [0.29, 0.717) is 17.8 Å². The Morgan fingerprint density at radius 3 is 2.34 bits per heavy atom. The zero-order valence-electron chi connectivity index (χ0n) is 19.2. The highest BCUT2D eigenvalue weighted by atomic mass is 19.4. The monoisotopic (exact) mass is 478 g/mol. The van der Waals surface area contributed by atoms with Gasteiger partial charge in [-0.1, -0.05) is 42.5 Å². The van der Waals surface area contributed by atoms with Crippen molar-refractivity contribution in [3.05, 3.63) is 95.6 Å². The first kappa shape index (κ1) is 23.1. The molecule has 0 aromatic heterocycles. The first-order chi connectivity index (χ1) is 16.8. The molecule has 1 aliphatic carbocycles. The smallest absolute Gasteiger partial charge is 0.416 e. The van der Waals surface area contributed by atoms with E-state index in [1.807, 2.05) is 61.5 Å². The number of anilines is 1. The standard InChI is InChI=1S/C28H25F3N2O2/c1-18(19-6-3-2-4-7-19)32-25-17-26(20-8-5-9-24(16-20)35-23-14-15-23)33(27(25)34)22-12-10-21(11-13-22)28(29,30)31/h2-13,16,18,23,26H,14-15,17H2,1H3/t18-,26+/m1/s1. The van der Waals surface area contributed by atoms with Crippen molar-refractivity contribution in [3.8, 4) is 5.75 Å². The lowest BCUT2D eigenvalue weighted by Gasteiger charge is -2.25. The summed E-state index contributed by atoms with van der Waals surface area (Å²) in [4.78, 5) is 19.8. The average molecular weight is 479 g/mol. The minimum absolute atomic E-state index is 0.227. The lowest BCUT2D eigenvalue weighted by Crippen LogP contribution is -2.29. The molecule has 0 unspecified atom stereocenters. The predicted molar refractivity (Wildman–Crippen MR) is 129 cm³/mol. The number of hydrogen-bond donors (Lipinski definition) is 0. The third-order valence-electron chi connectivity index (χ3n) is 6.34. The molecule has 1 aliphatic heterocycles. The molecule has 0 N–H and O–H groups in total. The summed E-state index contributed by atoms with van der Waals surface area (Å²) < 4.78 is 45.3. The van der Waals surface area contributed by atoms with Crippen molar-refractivity contribution in [3.63, 3.8) is 0 Å². The molecule has 1 saturated carbocycles. The summed E-state index contributed by atoms with van der Waals surface area (Å²) in [7, 11) is 0. The summed E-state index contributed by atoms with van der Waals surface area (Å²) in [5, 5.41) is 0. The van der Waals surface area contributed by atoms with Crippen molar-refractivity contribution < 1.29 is 22.7 Å². The highest BCUT2D eigenvalue weighted by Gasteiger charge is 2.39. The zero-order valence-corrected chi connectivity index (χ0v) is 19.2. The van der Waals surface area contributed by atoms with Gasteiger partial charge in [-0.05, 0) is 67.3 Å². The molecule has 7 heteroatoms. The van der Waals surface area contributed by atoms with Gasteiger partial charge in [-0.25, -0.2) is 0 Å². The summed E-state index contributed by atoms with van der Waals surface area (Å²) in [5.41, 5.74) is 1.89. The Morgan fingerprint density at radius 2 is 1.69 bits per heavy atom. The second kappa shape index (κ2) is 9.21. The fraction of sp³-hybridized carbons (Fsp3) is 0.286. The highest BCUT2D eigenvalue weighted by molar-refractivity contribution is 6.46. The molecule has 0 radical (unpaired) electrons. The van der Waals surface area contributed by atoms with E-state index in [0.717, 1.165) is 41.9 Å². The van der Waals surface area contributed by atoms with Crippen molar-refractivity contribution in [1.29, 1.82) is 0 Å². The van der Waals surface area contributed by atoms with Crippen LogP contribution in [0.25, 0.3) is 0 Å². The largest absolute Gasteiger partial charge is 0.490 e. The molecular formula is C28H25F3N2O2. The number of alkyl halides is 3.